The van der Waals surface area contributed by atoms with Gasteiger partial charge < -0.3 is 4.74 Å². The summed E-state index contributed by atoms with van der Waals surface area (Å²) in [5, 5.41) is 0.288. The molecule has 10 heteroatoms. The lowest BCUT2D eigenvalue weighted by atomic mass is 10.3. The van der Waals surface area contributed by atoms with Crippen molar-refractivity contribution in [1.82, 2.24) is 4.98 Å². The molecular formula is C18H12ClF3N2O3S. The summed E-state index contributed by atoms with van der Waals surface area (Å²) in [6.07, 6.45) is -3.81. The summed E-state index contributed by atoms with van der Waals surface area (Å²) < 4.78 is 70.0. The molecule has 0 bridgehead atoms. The molecule has 0 saturated carbocycles. The minimum Gasteiger partial charge on any atom is -0.439 e. The predicted molar refractivity (Wildman–Crippen MR) is 98.0 cm³/mol. The van der Waals surface area contributed by atoms with E-state index in [1.54, 1.807) is 6.07 Å². The smallest absolute Gasteiger partial charge is 0.417 e. The van der Waals surface area contributed by atoms with Gasteiger partial charge in [-0.25, -0.2) is 13.4 Å². The lowest BCUT2D eigenvalue weighted by molar-refractivity contribution is -0.137. The van der Waals surface area contributed by atoms with Gasteiger partial charge in [-0.2, -0.15) is 13.2 Å². The van der Waals surface area contributed by atoms with Crippen molar-refractivity contribution >= 4 is 27.3 Å². The lowest BCUT2D eigenvalue weighted by Crippen LogP contribution is -2.12. The fraction of sp³-hybridized carbons (Fsp3) is 0.0556. The van der Waals surface area contributed by atoms with E-state index < -0.39 is 21.8 Å². The second-order valence-electron chi connectivity index (χ2n) is 5.57. The van der Waals surface area contributed by atoms with E-state index in [9.17, 15) is 21.6 Å². The van der Waals surface area contributed by atoms with Gasteiger partial charge in [0.15, 0.2) is 0 Å². The van der Waals surface area contributed by atoms with Crippen LogP contribution in [0.2, 0.25) is 5.02 Å². The van der Waals surface area contributed by atoms with Gasteiger partial charge in [0, 0.05) is 23.0 Å². The highest BCUT2D eigenvalue weighted by Gasteiger charge is 2.30. The van der Waals surface area contributed by atoms with E-state index in [2.05, 4.69) is 9.71 Å². The molecule has 1 aromatic heterocycles. The molecule has 0 unspecified atom stereocenters. The number of benzene rings is 2. The van der Waals surface area contributed by atoms with Gasteiger partial charge in [-0.05, 0) is 48.5 Å². The van der Waals surface area contributed by atoms with Crippen LogP contribution in [0.3, 0.4) is 0 Å². The summed E-state index contributed by atoms with van der Waals surface area (Å²) in [6, 6.07) is 13.5. The van der Waals surface area contributed by atoms with Crippen LogP contribution in [0, 0.1) is 0 Å². The number of pyridine rings is 1. The standard InChI is InChI=1S/C18H12ClF3N2O3S/c19-13-2-1-3-16(10-13)28(25,26)24-14-5-7-15(8-6-14)27-17-9-4-12(11-23-17)18(20,21)22/h1-11,24H. The van der Waals surface area contributed by atoms with E-state index in [1.165, 1.54) is 42.5 Å². The Kier molecular flexibility index (Phi) is 5.48. The average molecular weight is 429 g/mol. The Bertz CT molecular complexity index is 1070. The first-order valence-electron chi connectivity index (χ1n) is 7.73. The maximum absolute atomic E-state index is 12.5. The van der Waals surface area contributed by atoms with Crippen LogP contribution in [0.25, 0.3) is 0 Å². The van der Waals surface area contributed by atoms with Crippen molar-refractivity contribution in [3.63, 3.8) is 0 Å². The second-order valence-corrected chi connectivity index (χ2v) is 7.69. The largest absolute Gasteiger partial charge is 0.439 e. The van der Waals surface area contributed by atoms with E-state index in [-0.39, 0.29) is 27.2 Å². The molecule has 0 fully saturated rings. The van der Waals surface area contributed by atoms with Gasteiger partial charge >= 0.3 is 6.18 Å². The summed E-state index contributed by atoms with van der Waals surface area (Å²) in [4.78, 5) is 3.61. The number of nitrogens with one attached hydrogen (secondary N) is 1. The van der Waals surface area contributed by atoms with Crippen LogP contribution in [0.5, 0.6) is 11.6 Å². The summed E-state index contributed by atoms with van der Waals surface area (Å²) >= 11 is 5.81. The first-order chi connectivity index (χ1) is 13.1. The normalized spacial score (nSPS) is 11.9. The first-order valence-corrected chi connectivity index (χ1v) is 9.59. The van der Waals surface area contributed by atoms with Gasteiger partial charge in [-0.15, -0.1) is 0 Å². The van der Waals surface area contributed by atoms with Crippen LogP contribution in [0.4, 0.5) is 18.9 Å². The molecule has 3 aromatic rings. The van der Waals surface area contributed by atoms with Gasteiger partial charge in [0.2, 0.25) is 5.88 Å². The van der Waals surface area contributed by atoms with Crippen molar-refractivity contribution in [2.24, 2.45) is 0 Å². The van der Waals surface area contributed by atoms with E-state index in [4.69, 9.17) is 16.3 Å². The highest BCUT2D eigenvalue weighted by molar-refractivity contribution is 7.92. The summed E-state index contributed by atoms with van der Waals surface area (Å²) in [5.74, 6) is 0.248. The molecule has 1 N–H and O–H groups in total. The van der Waals surface area contributed by atoms with Crippen molar-refractivity contribution in [3.8, 4) is 11.6 Å². The molecule has 3 rings (SSSR count). The third-order valence-corrected chi connectivity index (χ3v) is 5.11. The fourth-order valence-corrected chi connectivity index (χ4v) is 3.53. The van der Waals surface area contributed by atoms with E-state index in [0.717, 1.165) is 12.1 Å². The molecule has 1 heterocycles. The summed E-state index contributed by atoms with van der Waals surface area (Å²) in [6.45, 7) is 0. The van der Waals surface area contributed by atoms with Crippen LogP contribution >= 0.6 is 11.6 Å². The SMILES string of the molecule is O=S(=O)(Nc1ccc(Oc2ccc(C(F)(F)F)cn2)cc1)c1cccc(Cl)c1. The van der Waals surface area contributed by atoms with Gasteiger partial charge in [0.25, 0.3) is 10.0 Å². The molecule has 0 spiro atoms. The van der Waals surface area contributed by atoms with Crippen LogP contribution < -0.4 is 9.46 Å². The summed E-state index contributed by atoms with van der Waals surface area (Å²) in [5.41, 5.74) is -0.613. The molecule has 28 heavy (non-hydrogen) atoms. The Morgan fingerprint density at radius 1 is 1.00 bits per heavy atom. The minimum absolute atomic E-state index is 0.00859. The predicted octanol–water partition coefficient (Wildman–Crippen LogP) is 5.35. The molecule has 146 valence electrons. The Hall–Kier alpha value is -2.78. The number of ether oxygens (including phenoxy) is 1. The number of anilines is 1. The molecule has 2 aromatic carbocycles. The highest BCUT2D eigenvalue weighted by atomic mass is 35.5. The topological polar surface area (TPSA) is 68.3 Å². The molecule has 0 amide bonds. The average Bonchev–Trinajstić information content (AvgIpc) is 2.63. The van der Waals surface area contributed by atoms with Crippen molar-refractivity contribution in [3.05, 3.63) is 77.4 Å². The maximum Gasteiger partial charge on any atom is 0.417 e. The van der Waals surface area contributed by atoms with Crippen molar-refractivity contribution in [2.75, 3.05) is 4.72 Å². The molecule has 0 saturated heterocycles. The number of nitrogens with zero attached hydrogens (tertiary/aromatic N) is 1. The maximum atomic E-state index is 12.5. The third-order valence-electron chi connectivity index (χ3n) is 3.50. The van der Waals surface area contributed by atoms with Crippen LogP contribution in [0.15, 0.2) is 71.8 Å². The molecule has 0 atom stereocenters. The van der Waals surface area contributed by atoms with Gasteiger partial charge in [-0.1, -0.05) is 17.7 Å². The number of hydrogen-bond acceptors (Lipinski definition) is 4. The number of sulfonamides is 1. The zero-order chi connectivity index (χ0) is 20.4. The minimum atomic E-state index is -4.48. The quantitative estimate of drug-likeness (QED) is 0.595. The zero-order valence-corrected chi connectivity index (χ0v) is 15.5. The van der Waals surface area contributed by atoms with E-state index in [1.807, 2.05) is 0 Å². The molecule has 0 radical (unpaired) electrons. The van der Waals surface area contributed by atoms with E-state index in [0.29, 0.717) is 6.20 Å². The zero-order valence-electron chi connectivity index (χ0n) is 13.9. The Morgan fingerprint density at radius 2 is 1.71 bits per heavy atom. The molecule has 0 aliphatic rings. The van der Waals surface area contributed by atoms with Crippen LogP contribution in [-0.4, -0.2) is 13.4 Å². The first kappa shape index (κ1) is 20.0. The van der Waals surface area contributed by atoms with Crippen molar-refractivity contribution in [1.29, 1.82) is 0 Å². The third kappa shape index (κ3) is 4.93. The Balaban J connectivity index is 1.70. The van der Waals surface area contributed by atoms with Crippen molar-refractivity contribution < 1.29 is 26.3 Å². The molecular weight excluding hydrogens is 417 g/mol. The van der Waals surface area contributed by atoms with Crippen molar-refractivity contribution in [2.45, 2.75) is 11.1 Å². The fourth-order valence-electron chi connectivity index (χ4n) is 2.17. The molecule has 0 aliphatic carbocycles. The number of halogens is 4. The number of rotatable bonds is 5. The highest BCUT2D eigenvalue weighted by Crippen LogP contribution is 2.30. The second kappa shape index (κ2) is 7.69. The monoisotopic (exact) mass is 428 g/mol. The number of hydrogen-bond donors (Lipinski definition) is 1. The Morgan fingerprint density at radius 3 is 2.29 bits per heavy atom. The molecule has 0 aliphatic heterocycles. The van der Waals surface area contributed by atoms with Crippen LogP contribution in [0.1, 0.15) is 5.56 Å². The van der Waals surface area contributed by atoms with Gasteiger partial charge in [-0.3, -0.25) is 4.72 Å². The van der Waals surface area contributed by atoms with Gasteiger partial charge in [0.05, 0.1) is 10.5 Å². The van der Waals surface area contributed by atoms with E-state index >= 15 is 0 Å². The molecule has 5 nitrogen and oxygen atoms in total. The van der Waals surface area contributed by atoms with Crippen LogP contribution in [-0.2, 0) is 16.2 Å². The van der Waals surface area contributed by atoms with Gasteiger partial charge in [0.1, 0.15) is 5.75 Å². The summed E-state index contributed by atoms with van der Waals surface area (Å²) in [7, 11) is -3.82. The Labute approximate surface area is 163 Å². The number of alkyl halides is 3. The number of aromatic nitrogens is 1. The lowest BCUT2D eigenvalue weighted by Gasteiger charge is -2.10.